The SMILES string of the molecule is COc1ccc(-c2[nH]nc(N)c2N=Nc2ccccc2C(F)(F)F)cc1. The smallest absolute Gasteiger partial charge is 0.418 e. The van der Waals surface area contributed by atoms with Crippen molar-refractivity contribution in [1.29, 1.82) is 0 Å². The van der Waals surface area contributed by atoms with E-state index < -0.39 is 11.7 Å². The minimum atomic E-state index is -4.53. The molecule has 0 amide bonds. The summed E-state index contributed by atoms with van der Waals surface area (Å²) in [5, 5.41) is 14.2. The largest absolute Gasteiger partial charge is 0.497 e. The Labute approximate surface area is 146 Å². The number of nitrogens with zero attached hydrogens (tertiary/aromatic N) is 3. The standard InChI is InChI=1S/C17H14F3N5O/c1-26-11-8-6-10(7-9-11)14-15(16(21)25-23-14)24-22-13-5-3-2-4-12(13)17(18,19)20/h2-9H,1H3,(H3,21,23,25). The van der Waals surface area contributed by atoms with Crippen LogP contribution in [0.3, 0.4) is 0 Å². The van der Waals surface area contributed by atoms with E-state index in [-0.39, 0.29) is 17.2 Å². The number of nitrogens with one attached hydrogen (secondary N) is 1. The van der Waals surface area contributed by atoms with Gasteiger partial charge in [-0.1, -0.05) is 12.1 Å². The van der Waals surface area contributed by atoms with Gasteiger partial charge < -0.3 is 10.5 Å². The number of hydrogen-bond donors (Lipinski definition) is 2. The van der Waals surface area contributed by atoms with E-state index in [2.05, 4.69) is 20.4 Å². The number of azo groups is 1. The molecule has 0 fully saturated rings. The summed E-state index contributed by atoms with van der Waals surface area (Å²) < 4.78 is 44.2. The molecule has 9 heteroatoms. The zero-order chi connectivity index (χ0) is 18.7. The Kier molecular flexibility index (Phi) is 4.61. The van der Waals surface area contributed by atoms with Crippen molar-refractivity contribution in [3.8, 4) is 17.0 Å². The number of alkyl halides is 3. The average molecular weight is 361 g/mol. The summed E-state index contributed by atoms with van der Waals surface area (Å²) in [4.78, 5) is 0. The molecule has 2 aromatic carbocycles. The van der Waals surface area contributed by atoms with Crippen molar-refractivity contribution in [1.82, 2.24) is 10.2 Å². The maximum absolute atomic E-state index is 13.1. The van der Waals surface area contributed by atoms with Crippen LogP contribution in [0.25, 0.3) is 11.3 Å². The molecule has 0 aliphatic heterocycles. The predicted molar refractivity (Wildman–Crippen MR) is 90.6 cm³/mol. The predicted octanol–water partition coefficient (Wildman–Crippen LogP) is 5.10. The monoisotopic (exact) mass is 361 g/mol. The van der Waals surface area contributed by atoms with Crippen LogP contribution in [-0.2, 0) is 6.18 Å². The molecule has 3 rings (SSSR count). The second kappa shape index (κ2) is 6.87. The van der Waals surface area contributed by atoms with Crippen LogP contribution in [0.2, 0.25) is 0 Å². The first-order valence-corrected chi connectivity index (χ1v) is 7.46. The summed E-state index contributed by atoms with van der Waals surface area (Å²) in [7, 11) is 1.54. The highest BCUT2D eigenvalue weighted by Crippen LogP contribution is 2.39. The fraction of sp³-hybridized carbons (Fsp3) is 0.118. The minimum Gasteiger partial charge on any atom is -0.497 e. The highest BCUT2D eigenvalue weighted by molar-refractivity contribution is 5.79. The Hall–Kier alpha value is -3.36. The van der Waals surface area contributed by atoms with Crippen LogP contribution in [0, 0.1) is 0 Å². The van der Waals surface area contributed by atoms with Crippen LogP contribution >= 0.6 is 0 Å². The second-order valence-electron chi connectivity index (χ2n) is 5.28. The van der Waals surface area contributed by atoms with Gasteiger partial charge in [0.05, 0.1) is 24.1 Å². The molecule has 0 atom stereocenters. The maximum atomic E-state index is 13.1. The first kappa shape index (κ1) is 17.5. The van der Waals surface area contributed by atoms with Crippen LogP contribution in [0.1, 0.15) is 5.56 Å². The van der Waals surface area contributed by atoms with Crippen molar-refractivity contribution >= 4 is 17.2 Å². The average Bonchev–Trinajstić information content (AvgIpc) is 3.00. The molecule has 3 N–H and O–H groups in total. The molecule has 3 aromatic rings. The summed E-state index contributed by atoms with van der Waals surface area (Å²) in [5.41, 5.74) is 5.89. The lowest BCUT2D eigenvalue weighted by Gasteiger charge is -2.08. The van der Waals surface area contributed by atoms with E-state index in [0.717, 1.165) is 6.07 Å². The fourth-order valence-corrected chi connectivity index (χ4v) is 2.31. The van der Waals surface area contributed by atoms with Gasteiger partial charge in [0.25, 0.3) is 0 Å². The minimum absolute atomic E-state index is 0.0315. The zero-order valence-electron chi connectivity index (χ0n) is 13.6. The van der Waals surface area contributed by atoms with Gasteiger partial charge in [-0.05, 0) is 36.4 Å². The molecule has 0 spiro atoms. The molecule has 134 valence electrons. The number of ether oxygens (including phenoxy) is 1. The Morgan fingerprint density at radius 3 is 2.38 bits per heavy atom. The van der Waals surface area contributed by atoms with Crippen LogP contribution in [0.15, 0.2) is 58.8 Å². The van der Waals surface area contributed by atoms with Crippen LogP contribution in [-0.4, -0.2) is 17.3 Å². The molecular weight excluding hydrogens is 347 g/mol. The van der Waals surface area contributed by atoms with Crippen molar-refractivity contribution in [2.24, 2.45) is 10.2 Å². The van der Waals surface area contributed by atoms with E-state index in [0.29, 0.717) is 17.0 Å². The summed E-state index contributed by atoms with van der Waals surface area (Å²) in [5.74, 6) is 0.688. The number of H-pyrrole nitrogens is 1. The quantitative estimate of drug-likeness (QED) is 0.634. The van der Waals surface area contributed by atoms with Crippen molar-refractivity contribution < 1.29 is 17.9 Å². The maximum Gasteiger partial charge on any atom is 0.418 e. The molecule has 0 aliphatic rings. The number of hydrogen-bond acceptors (Lipinski definition) is 5. The van der Waals surface area contributed by atoms with Crippen molar-refractivity contribution in [2.75, 3.05) is 12.8 Å². The van der Waals surface area contributed by atoms with Gasteiger partial charge in [0.1, 0.15) is 5.75 Å². The molecule has 0 aliphatic carbocycles. The van der Waals surface area contributed by atoms with Gasteiger partial charge >= 0.3 is 6.18 Å². The van der Waals surface area contributed by atoms with Gasteiger partial charge in [-0.3, -0.25) is 5.10 Å². The summed E-state index contributed by atoms with van der Waals surface area (Å²) >= 11 is 0. The fourth-order valence-electron chi connectivity index (χ4n) is 2.31. The highest BCUT2D eigenvalue weighted by Gasteiger charge is 2.33. The molecular formula is C17H14F3N5O. The number of nitrogens with two attached hydrogens (primary N) is 1. The van der Waals surface area contributed by atoms with Gasteiger partial charge in [0, 0.05) is 5.56 Å². The third-order valence-corrected chi connectivity index (χ3v) is 3.61. The van der Waals surface area contributed by atoms with Gasteiger partial charge in [0.2, 0.25) is 0 Å². The van der Waals surface area contributed by atoms with E-state index in [1.54, 1.807) is 31.4 Å². The molecule has 0 saturated carbocycles. The van der Waals surface area contributed by atoms with Crippen LogP contribution in [0.5, 0.6) is 5.75 Å². The Bertz CT molecular complexity index is 932. The van der Waals surface area contributed by atoms with Crippen LogP contribution in [0.4, 0.5) is 30.4 Å². The molecule has 1 heterocycles. The van der Waals surface area contributed by atoms with E-state index in [1.807, 2.05) is 0 Å². The number of benzene rings is 2. The van der Waals surface area contributed by atoms with Gasteiger partial charge in [-0.25, -0.2) is 0 Å². The number of anilines is 1. The van der Waals surface area contributed by atoms with E-state index in [9.17, 15) is 13.2 Å². The van der Waals surface area contributed by atoms with E-state index >= 15 is 0 Å². The number of aromatic amines is 1. The van der Waals surface area contributed by atoms with Gasteiger partial charge in [0.15, 0.2) is 11.5 Å². The molecule has 0 unspecified atom stereocenters. The molecule has 26 heavy (non-hydrogen) atoms. The van der Waals surface area contributed by atoms with Crippen molar-refractivity contribution in [3.05, 3.63) is 54.1 Å². The van der Waals surface area contributed by atoms with Crippen LogP contribution < -0.4 is 10.5 Å². The number of rotatable bonds is 4. The first-order valence-electron chi connectivity index (χ1n) is 7.46. The molecule has 0 bridgehead atoms. The topological polar surface area (TPSA) is 88.6 Å². The Morgan fingerprint density at radius 1 is 1.04 bits per heavy atom. The normalized spacial score (nSPS) is 11.8. The Morgan fingerprint density at radius 2 is 1.73 bits per heavy atom. The van der Waals surface area contributed by atoms with Crippen molar-refractivity contribution in [3.63, 3.8) is 0 Å². The third-order valence-electron chi connectivity index (χ3n) is 3.61. The highest BCUT2D eigenvalue weighted by atomic mass is 19.4. The summed E-state index contributed by atoms with van der Waals surface area (Å²) in [6.45, 7) is 0. The lowest BCUT2D eigenvalue weighted by molar-refractivity contribution is -0.137. The summed E-state index contributed by atoms with van der Waals surface area (Å²) in [6.07, 6.45) is -4.53. The van der Waals surface area contributed by atoms with E-state index in [1.165, 1.54) is 18.2 Å². The van der Waals surface area contributed by atoms with Gasteiger partial charge in [-0.2, -0.15) is 18.3 Å². The second-order valence-corrected chi connectivity index (χ2v) is 5.28. The zero-order valence-corrected chi connectivity index (χ0v) is 13.6. The first-order chi connectivity index (χ1) is 12.4. The third kappa shape index (κ3) is 3.51. The van der Waals surface area contributed by atoms with E-state index in [4.69, 9.17) is 10.5 Å². The molecule has 6 nitrogen and oxygen atoms in total. The number of nitrogen functional groups attached to an aromatic ring is 1. The lowest BCUT2D eigenvalue weighted by atomic mass is 10.1. The lowest BCUT2D eigenvalue weighted by Crippen LogP contribution is -2.04. The molecule has 1 aromatic heterocycles. The van der Waals surface area contributed by atoms with Gasteiger partial charge in [-0.15, -0.1) is 10.2 Å². The number of aromatic nitrogens is 2. The molecule has 0 radical (unpaired) electrons. The number of methoxy groups -OCH3 is 1. The Balaban J connectivity index is 1.99. The van der Waals surface area contributed by atoms with Crippen molar-refractivity contribution in [2.45, 2.75) is 6.18 Å². The molecule has 0 saturated heterocycles. The number of halogens is 3. The summed E-state index contributed by atoms with van der Waals surface area (Å²) in [6, 6.07) is 11.9.